The monoisotopic (exact) mass is 252 g/mol. The predicted molar refractivity (Wildman–Crippen MR) is 63.4 cm³/mol. The van der Waals surface area contributed by atoms with Crippen LogP contribution in [-0.2, 0) is 16.1 Å². The Morgan fingerprint density at radius 1 is 1.56 bits per heavy atom. The van der Waals surface area contributed by atoms with Crippen LogP contribution in [0.5, 0.6) is 0 Å². The van der Waals surface area contributed by atoms with E-state index < -0.39 is 5.97 Å². The molecular weight excluding hydrogens is 236 g/mol. The topological polar surface area (TPSA) is 80.6 Å². The van der Waals surface area contributed by atoms with E-state index in [-0.39, 0.29) is 24.6 Å². The molecule has 0 spiro atoms. The number of ether oxygens (including phenoxy) is 1. The van der Waals surface area contributed by atoms with Crippen LogP contribution in [0, 0.1) is 0 Å². The van der Waals surface area contributed by atoms with Crippen molar-refractivity contribution in [2.24, 2.45) is 0 Å². The highest BCUT2D eigenvalue weighted by Gasteiger charge is 2.30. The first kappa shape index (κ1) is 12.6. The van der Waals surface area contributed by atoms with Crippen molar-refractivity contribution in [2.45, 2.75) is 31.5 Å². The molecule has 1 amide bonds. The normalized spacial score (nSPS) is 22.3. The highest BCUT2D eigenvalue weighted by Crippen LogP contribution is 2.22. The molecule has 18 heavy (non-hydrogen) atoms. The average molecular weight is 252 g/mol. The molecule has 0 bridgehead atoms. The minimum absolute atomic E-state index is 0.121. The van der Waals surface area contributed by atoms with Crippen molar-refractivity contribution in [3.8, 4) is 0 Å². The van der Waals surface area contributed by atoms with Gasteiger partial charge in [0.2, 0.25) is 0 Å². The van der Waals surface area contributed by atoms with E-state index in [1.807, 2.05) is 0 Å². The van der Waals surface area contributed by atoms with E-state index in [0.29, 0.717) is 5.69 Å². The Morgan fingerprint density at radius 3 is 2.89 bits per heavy atom. The quantitative estimate of drug-likeness (QED) is 0.798. The molecule has 0 atom stereocenters. The smallest absolute Gasteiger partial charge is 0.323 e. The number of carboxylic acid groups (broad SMARTS) is 1. The summed E-state index contributed by atoms with van der Waals surface area (Å²) in [7, 11) is 1.65. The third kappa shape index (κ3) is 2.70. The molecule has 0 aliphatic heterocycles. The first-order chi connectivity index (χ1) is 8.60. The molecule has 6 nitrogen and oxygen atoms in total. The number of nitrogens with zero attached hydrogens (tertiary/aromatic N) is 1. The van der Waals surface area contributed by atoms with Gasteiger partial charge in [-0.2, -0.15) is 0 Å². The standard InChI is InChI=1S/C12H16N2O4/c1-18-9-5-8(6-9)13-12(17)10-3-2-4-14(10)7-11(15)16/h2-4,8-9H,5-7H2,1H3,(H,13,17)(H,15,16). The summed E-state index contributed by atoms with van der Waals surface area (Å²) in [6, 6.07) is 3.40. The van der Waals surface area contributed by atoms with E-state index in [0.717, 1.165) is 12.8 Å². The fourth-order valence-electron chi connectivity index (χ4n) is 2.04. The Labute approximate surface area is 105 Å². The summed E-state index contributed by atoms with van der Waals surface area (Å²) in [5, 5.41) is 11.6. The second-order valence-electron chi connectivity index (χ2n) is 4.41. The van der Waals surface area contributed by atoms with Crippen molar-refractivity contribution in [1.82, 2.24) is 9.88 Å². The molecule has 6 heteroatoms. The number of amides is 1. The van der Waals surface area contributed by atoms with Gasteiger partial charge in [-0.3, -0.25) is 9.59 Å². The fourth-order valence-corrected chi connectivity index (χ4v) is 2.04. The van der Waals surface area contributed by atoms with E-state index in [1.54, 1.807) is 25.4 Å². The van der Waals surface area contributed by atoms with Gasteiger partial charge in [-0.25, -0.2) is 0 Å². The van der Waals surface area contributed by atoms with Crippen LogP contribution in [-0.4, -0.2) is 40.8 Å². The lowest BCUT2D eigenvalue weighted by molar-refractivity contribution is -0.137. The van der Waals surface area contributed by atoms with E-state index in [1.165, 1.54) is 4.57 Å². The van der Waals surface area contributed by atoms with Crippen LogP contribution in [0.4, 0.5) is 0 Å². The van der Waals surface area contributed by atoms with Crippen molar-refractivity contribution in [3.05, 3.63) is 24.0 Å². The largest absolute Gasteiger partial charge is 0.480 e. The van der Waals surface area contributed by atoms with Crippen LogP contribution in [0.25, 0.3) is 0 Å². The van der Waals surface area contributed by atoms with Crippen LogP contribution in [0.2, 0.25) is 0 Å². The second kappa shape index (κ2) is 5.22. The number of methoxy groups -OCH3 is 1. The Balaban J connectivity index is 1.93. The molecule has 1 aromatic rings. The first-order valence-corrected chi connectivity index (χ1v) is 5.80. The molecule has 2 N–H and O–H groups in total. The maximum absolute atomic E-state index is 11.9. The molecule has 1 aliphatic carbocycles. The maximum Gasteiger partial charge on any atom is 0.323 e. The predicted octanol–water partition coefficient (Wildman–Crippen LogP) is 0.480. The van der Waals surface area contributed by atoms with E-state index >= 15 is 0 Å². The molecule has 1 heterocycles. The van der Waals surface area contributed by atoms with E-state index in [2.05, 4.69) is 5.32 Å². The molecule has 0 saturated heterocycles. The van der Waals surface area contributed by atoms with Crippen LogP contribution >= 0.6 is 0 Å². The number of carbonyl (C=O) groups is 2. The van der Waals surface area contributed by atoms with Crippen LogP contribution in [0.1, 0.15) is 23.3 Å². The number of nitrogens with one attached hydrogen (secondary N) is 1. The minimum Gasteiger partial charge on any atom is -0.480 e. The number of rotatable bonds is 5. The van der Waals surface area contributed by atoms with E-state index in [4.69, 9.17) is 9.84 Å². The lowest BCUT2D eigenvalue weighted by Gasteiger charge is -2.34. The lowest BCUT2D eigenvalue weighted by Crippen LogP contribution is -2.47. The summed E-state index contributed by atoms with van der Waals surface area (Å²) in [5.74, 6) is -1.20. The van der Waals surface area contributed by atoms with Gasteiger partial charge in [-0.15, -0.1) is 0 Å². The number of carbonyl (C=O) groups excluding carboxylic acids is 1. The summed E-state index contributed by atoms with van der Waals surface area (Å²) in [6.07, 6.45) is 3.42. The lowest BCUT2D eigenvalue weighted by atomic mass is 9.89. The van der Waals surface area contributed by atoms with Crippen molar-refractivity contribution in [1.29, 1.82) is 0 Å². The van der Waals surface area contributed by atoms with Gasteiger partial charge in [0.15, 0.2) is 0 Å². The third-order valence-electron chi connectivity index (χ3n) is 3.13. The molecule has 98 valence electrons. The molecule has 1 aromatic heterocycles. The Hall–Kier alpha value is -1.82. The number of carboxylic acids is 1. The summed E-state index contributed by atoms with van der Waals surface area (Å²) >= 11 is 0. The van der Waals surface area contributed by atoms with Crippen LogP contribution in [0.3, 0.4) is 0 Å². The number of aromatic nitrogens is 1. The summed E-state index contributed by atoms with van der Waals surface area (Å²) in [4.78, 5) is 22.6. The van der Waals surface area contributed by atoms with Crippen molar-refractivity contribution in [3.63, 3.8) is 0 Å². The van der Waals surface area contributed by atoms with Gasteiger partial charge < -0.3 is 19.7 Å². The van der Waals surface area contributed by atoms with Crippen LogP contribution < -0.4 is 5.32 Å². The molecule has 1 saturated carbocycles. The van der Waals surface area contributed by atoms with Crippen molar-refractivity contribution in [2.75, 3.05) is 7.11 Å². The second-order valence-corrected chi connectivity index (χ2v) is 4.41. The first-order valence-electron chi connectivity index (χ1n) is 5.80. The van der Waals surface area contributed by atoms with Crippen molar-refractivity contribution < 1.29 is 19.4 Å². The van der Waals surface area contributed by atoms with E-state index in [9.17, 15) is 9.59 Å². The Kier molecular flexibility index (Phi) is 3.66. The summed E-state index contributed by atoms with van der Waals surface area (Å²) < 4.78 is 6.55. The SMILES string of the molecule is COC1CC(NC(=O)c2cccn2CC(=O)O)C1. The molecular formula is C12H16N2O4. The third-order valence-corrected chi connectivity index (χ3v) is 3.13. The van der Waals surface area contributed by atoms with Gasteiger partial charge in [0.1, 0.15) is 12.2 Å². The van der Waals surface area contributed by atoms with Crippen molar-refractivity contribution >= 4 is 11.9 Å². The molecule has 0 radical (unpaired) electrons. The molecule has 0 aromatic carbocycles. The molecule has 1 aliphatic rings. The molecule has 2 rings (SSSR count). The fraction of sp³-hybridized carbons (Fsp3) is 0.500. The summed E-state index contributed by atoms with van der Waals surface area (Å²) in [6.45, 7) is -0.207. The van der Waals surface area contributed by atoms with Crippen LogP contribution in [0.15, 0.2) is 18.3 Å². The minimum atomic E-state index is -0.969. The zero-order valence-electron chi connectivity index (χ0n) is 10.1. The Bertz CT molecular complexity index is 449. The number of aliphatic carboxylic acids is 1. The average Bonchev–Trinajstić information content (AvgIpc) is 2.69. The zero-order chi connectivity index (χ0) is 13.1. The Morgan fingerprint density at radius 2 is 2.28 bits per heavy atom. The highest BCUT2D eigenvalue weighted by atomic mass is 16.5. The zero-order valence-corrected chi connectivity index (χ0v) is 10.1. The summed E-state index contributed by atoms with van der Waals surface area (Å²) in [5.41, 5.74) is 0.373. The van der Waals surface area contributed by atoms with Gasteiger partial charge in [0.05, 0.1) is 6.10 Å². The van der Waals surface area contributed by atoms with Gasteiger partial charge in [0.25, 0.3) is 5.91 Å². The van der Waals surface area contributed by atoms with Gasteiger partial charge in [-0.1, -0.05) is 0 Å². The highest BCUT2D eigenvalue weighted by molar-refractivity contribution is 5.93. The molecule has 1 fully saturated rings. The van der Waals surface area contributed by atoms with Gasteiger partial charge >= 0.3 is 5.97 Å². The van der Waals surface area contributed by atoms with Gasteiger partial charge in [0, 0.05) is 19.3 Å². The number of hydrogen-bond donors (Lipinski definition) is 2. The number of hydrogen-bond acceptors (Lipinski definition) is 3. The maximum atomic E-state index is 11.9. The van der Waals surface area contributed by atoms with Gasteiger partial charge in [-0.05, 0) is 25.0 Å². The molecule has 0 unspecified atom stereocenters.